The van der Waals surface area contributed by atoms with E-state index in [1.54, 1.807) is 0 Å². The summed E-state index contributed by atoms with van der Waals surface area (Å²) in [6.07, 6.45) is 3.29. The highest BCUT2D eigenvalue weighted by atomic mass is 16.5. The standard InChI is InChI=1S/C20H27NO2/c1-15-6-5-7-16(2)21(15)13-19(22)14-23-20-11-10-17-8-3-4-9-18(17)12-20/h3-4,8-12,15-16,19,22H,5-7,13-14H2,1-2H3/t15-,16-,19+/m1/s1. The first-order valence-electron chi connectivity index (χ1n) is 8.69. The number of aliphatic hydroxyl groups is 1. The van der Waals surface area contributed by atoms with Crippen LogP contribution >= 0.6 is 0 Å². The predicted molar refractivity (Wildman–Crippen MR) is 94.9 cm³/mol. The molecular formula is C20H27NO2. The zero-order valence-corrected chi connectivity index (χ0v) is 14.1. The average molecular weight is 313 g/mol. The molecule has 1 aliphatic rings. The molecule has 0 spiro atoms. The summed E-state index contributed by atoms with van der Waals surface area (Å²) in [6, 6.07) is 15.4. The number of hydrogen-bond acceptors (Lipinski definition) is 3. The van der Waals surface area contributed by atoms with Crippen LogP contribution in [0.25, 0.3) is 10.8 Å². The van der Waals surface area contributed by atoms with Crippen molar-refractivity contribution < 1.29 is 9.84 Å². The molecule has 124 valence electrons. The van der Waals surface area contributed by atoms with Crippen molar-refractivity contribution in [2.45, 2.75) is 51.3 Å². The topological polar surface area (TPSA) is 32.7 Å². The van der Waals surface area contributed by atoms with E-state index in [-0.39, 0.29) is 0 Å². The summed E-state index contributed by atoms with van der Waals surface area (Å²) >= 11 is 0. The van der Waals surface area contributed by atoms with Crippen molar-refractivity contribution in [3.63, 3.8) is 0 Å². The van der Waals surface area contributed by atoms with E-state index in [0.717, 1.165) is 11.1 Å². The summed E-state index contributed by atoms with van der Waals surface area (Å²) in [5, 5.41) is 12.7. The smallest absolute Gasteiger partial charge is 0.120 e. The number of rotatable bonds is 5. The quantitative estimate of drug-likeness (QED) is 0.910. The summed E-state index contributed by atoms with van der Waals surface area (Å²) in [5.41, 5.74) is 0. The lowest BCUT2D eigenvalue weighted by atomic mass is 9.97. The maximum absolute atomic E-state index is 10.3. The van der Waals surface area contributed by atoms with Gasteiger partial charge in [-0.3, -0.25) is 4.90 Å². The first-order valence-corrected chi connectivity index (χ1v) is 8.69. The molecule has 3 nitrogen and oxygen atoms in total. The molecule has 1 saturated heterocycles. The van der Waals surface area contributed by atoms with Gasteiger partial charge in [0.15, 0.2) is 0 Å². The second-order valence-corrected chi connectivity index (χ2v) is 6.80. The highest BCUT2D eigenvalue weighted by Crippen LogP contribution is 2.23. The van der Waals surface area contributed by atoms with E-state index in [1.807, 2.05) is 24.3 Å². The first kappa shape index (κ1) is 16.3. The molecule has 1 N–H and O–H groups in total. The molecule has 2 aromatic carbocycles. The van der Waals surface area contributed by atoms with Gasteiger partial charge in [-0.25, -0.2) is 0 Å². The van der Waals surface area contributed by atoms with Crippen molar-refractivity contribution in [3.05, 3.63) is 42.5 Å². The fourth-order valence-electron chi connectivity index (χ4n) is 3.58. The van der Waals surface area contributed by atoms with E-state index < -0.39 is 6.10 Å². The van der Waals surface area contributed by atoms with E-state index in [9.17, 15) is 5.11 Å². The molecule has 0 saturated carbocycles. The molecule has 23 heavy (non-hydrogen) atoms. The van der Waals surface area contributed by atoms with Gasteiger partial charge in [-0.2, -0.15) is 0 Å². The number of ether oxygens (including phenoxy) is 1. The average Bonchev–Trinajstić information content (AvgIpc) is 2.56. The lowest BCUT2D eigenvalue weighted by Gasteiger charge is -2.40. The Kier molecular flexibility index (Phi) is 5.19. The first-order chi connectivity index (χ1) is 11.1. The summed E-state index contributed by atoms with van der Waals surface area (Å²) in [5.74, 6) is 0.822. The molecular weight excluding hydrogens is 286 g/mol. The second-order valence-electron chi connectivity index (χ2n) is 6.80. The third-order valence-electron chi connectivity index (χ3n) is 4.96. The van der Waals surface area contributed by atoms with Gasteiger partial charge in [-0.1, -0.05) is 36.8 Å². The lowest BCUT2D eigenvalue weighted by Crippen LogP contribution is -2.48. The van der Waals surface area contributed by atoms with Gasteiger partial charge >= 0.3 is 0 Å². The number of likely N-dealkylation sites (tertiary alicyclic amines) is 1. The molecule has 0 bridgehead atoms. The van der Waals surface area contributed by atoms with Gasteiger partial charge in [-0.05, 0) is 49.6 Å². The van der Waals surface area contributed by atoms with Crippen molar-refractivity contribution in [2.24, 2.45) is 0 Å². The third kappa shape index (κ3) is 4.04. The Bertz CT molecular complexity index is 632. The lowest BCUT2D eigenvalue weighted by molar-refractivity contribution is 0.0209. The van der Waals surface area contributed by atoms with Gasteiger partial charge in [-0.15, -0.1) is 0 Å². The molecule has 2 aromatic rings. The number of nitrogens with zero attached hydrogens (tertiary/aromatic N) is 1. The van der Waals surface area contributed by atoms with Crippen LogP contribution < -0.4 is 4.74 Å². The van der Waals surface area contributed by atoms with E-state index in [1.165, 1.54) is 24.6 Å². The zero-order chi connectivity index (χ0) is 16.2. The van der Waals surface area contributed by atoms with Gasteiger partial charge in [0.05, 0.1) is 0 Å². The van der Waals surface area contributed by atoms with E-state index in [0.29, 0.717) is 25.2 Å². The Balaban J connectivity index is 1.56. The molecule has 0 radical (unpaired) electrons. The largest absolute Gasteiger partial charge is 0.491 e. The summed E-state index contributed by atoms with van der Waals surface area (Å²) < 4.78 is 5.81. The minimum atomic E-state index is -0.454. The summed E-state index contributed by atoms with van der Waals surface area (Å²) in [4.78, 5) is 2.41. The van der Waals surface area contributed by atoms with Crippen LogP contribution in [0.2, 0.25) is 0 Å². The van der Waals surface area contributed by atoms with Crippen molar-refractivity contribution >= 4 is 10.8 Å². The molecule has 3 heteroatoms. The van der Waals surface area contributed by atoms with Gasteiger partial charge in [0.25, 0.3) is 0 Å². The van der Waals surface area contributed by atoms with Crippen molar-refractivity contribution in [2.75, 3.05) is 13.2 Å². The van der Waals surface area contributed by atoms with Crippen LogP contribution in [0.5, 0.6) is 5.75 Å². The van der Waals surface area contributed by atoms with Gasteiger partial charge in [0, 0.05) is 18.6 Å². The van der Waals surface area contributed by atoms with E-state index >= 15 is 0 Å². The van der Waals surface area contributed by atoms with Crippen LogP contribution in [0.15, 0.2) is 42.5 Å². The number of aliphatic hydroxyl groups excluding tert-OH is 1. The van der Waals surface area contributed by atoms with Gasteiger partial charge in [0.1, 0.15) is 18.5 Å². The van der Waals surface area contributed by atoms with Gasteiger partial charge < -0.3 is 9.84 Å². The number of hydrogen-bond donors (Lipinski definition) is 1. The minimum Gasteiger partial charge on any atom is -0.491 e. The van der Waals surface area contributed by atoms with Crippen molar-refractivity contribution in [1.82, 2.24) is 4.90 Å². The summed E-state index contributed by atoms with van der Waals surface area (Å²) in [7, 11) is 0. The van der Waals surface area contributed by atoms with Crippen molar-refractivity contribution in [1.29, 1.82) is 0 Å². The van der Waals surface area contributed by atoms with E-state index in [4.69, 9.17) is 4.74 Å². The van der Waals surface area contributed by atoms with Crippen LogP contribution in [-0.4, -0.2) is 41.3 Å². The van der Waals surface area contributed by atoms with Crippen LogP contribution in [0.1, 0.15) is 33.1 Å². The second kappa shape index (κ2) is 7.33. The van der Waals surface area contributed by atoms with Gasteiger partial charge in [0.2, 0.25) is 0 Å². The summed E-state index contributed by atoms with van der Waals surface area (Å²) in [6.45, 7) is 5.54. The SMILES string of the molecule is C[C@@H]1CCC[C@@H](C)N1C[C@H](O)COc1ccc2ccccc2c1. The molecule has 1 fully saturated rings. The molecule has 0 unspecified atom stereocenters. The molecule has 0 aliphatic carbocycles. The monoisotopic (exact) mass is 313 g/mol. The Morgan fingerprint density at radius 1 is 1.09 bits per heavy atom. The predicted octanol–water partition coefficient (Wildman–Crippen LogP) is 3.84. The zero-order valence-electron chi connectivity index (χ0n) is 14.1. The van der Waals surface area contributed by atoms with Crippen LogP contribution in [0, 0.1) is 0 Å². The number of β-amino-alcohol motifs (C(OH)–C–C–N with tert-alkyl or cyclic N) is 1. The Morgan fingerprint density at radius 3 is 2.52 bits per heavy atom. The number of benzene rings is 2. The number of fused-ring (bicyclic) bond motifs is 1. The Labute approximate surface area is 138 Å². The fourth-order valence-corrected chi connectivity index (χ4v) is 3.58. The maximum Gasteiger partial charge on any atom is 0.120 e. The molecule has 0 amide bonds. The third-order valence-corrected chi connectivity index (χ3v) is 4.96. The van der Waals surface area contributed by atoms with Crippen LogP contribution in [0.4, 0.5) is 0 Å². The highest BCUT2D eigenvalue weighted by Gasteiger charge is 2.26. The fraction of sp³-hybridized carbons (Fsp3) is 0.500. The Hall–Kier alpha value is -1.58. The number of piperidine rings is 1. The minimum absolute atomic E-state index is 0.342. The van der Waals surface area contributed by atoms with E-state index in [2.05, 4.69) is 36.9 Å². The van der Waals surface area contributed by atoms with Crippen LogP contribution in [0.3, 0.4) is 0 Å². The molecule has 1 heterocycles. The molecule has 1 aliphatic heterocycles. The maximum atomic E-state index is 10.3. The highest BCUT2D eigenvalue weighted by molar-refractivity contribution is 5.83. The van der Waals surface area contributed by atoms with Crippen molar-refractivity contribution in [3.8, 4) is 5.75 Å². The van der Waals surface area contributed by atoms with Crippen LogP contribution in [-0.2, 0) is 0 Å². The Morgan fingerprint density at radius 2 is 1.78 bits per heavy atom. The molecule has 3 atom stereocenters. The molecule has 0 aromatic heterocycles. The molecule has 3 rings (SSSR count). The normalized spacial score (nSPS) is 23.8.